The highest BCUT2D eigenvalue weighted by molar-refractivity contribution is 4.92. The van der Waals surface area contributed by atoms with Gasteiger partial charge in [0.2, 0.25) is 0 Å². The fourth-order valence-corrected chi connectivity index (χ4v) is 2.74. The summed E-state index contributed by atoms with van der Waals surface area (Å²) in [5.41, 5.74) is 0. The van der Waals surface area contributed by atoms with Crippen molar-refractivity contribution >= 4 is 0 Å². The Morgan fingerprint density at radius 3 is 2.64 bits per heavy atom. The van der Waals surface area contributed by atoms with E-state index in [1.165, 1.54) is 38.9 Å². The molecule has 82 valence electrons. The van der Waals surface area contributed by atoms with E-state index < -0.39 is 0 Å². The topological polar surface area (TPSA) is 24.5 Å². The first-order valence-corrected chi connectivity index (χ1v) is 5.84. The summed E-state index contributed by atoms with van der Waals surface area (Å²) in [4.78, 5) is 2.66. The highest BCUT2D eigenvalue weighted by Gasteiger charge is 2.36. The summed E-state index contributed by atoms with van der Waals surface area (Å²) in [6.07, 6.45) is 4.33. The van der Waals surface area contributed by atoms with E-state index in [1.54, 1.807) is 0 Å². The molecule has 1 aliphatic heterocycles. The van der Waals surface area contributed by atoms with Crippen molar-refractivity contribution in [1.29, 1.82) is 0 Å². The number of methoxy groups -OCH3 is 1. The van der Waals surface area contributed by atoms with Crippen LogP contribution in [0.4, 0.5) is 0 Å². The molecule has 0 aromatic carbocycles. The average Bonchev–Trinajstić information content (AvgIpc) is 2.62. The third-order valence-corrected chi connectivity index (χ3v) is 3.74. The van der Waals surface area contributed by atoms with Gasteiger partial charge in [-0.2, -0.15) is 0 Å². The normalized spacial score (nSPS) is 37.5. The third kappa shape index (κ3) is 1.95. The van der Waals surface area contributed by atoms with Crippen LogP contribution in [0.5, 0.6) is 0 Å². The Morgan fingerprint density at radius 2 is 2.14 bits per heavy atom. The summed E-state index contributed by atoms with van der Waals surface area (Å²) in [6.45, 7) is 5.84. The summed E-state index contributed by atoms with van der Waals surface area (Å²) >= 11 is 0. The summed E-state index contributed by atoms with van der Waals surface area (Å²) in [7, 11) is 1.83. The molecule has 0 radical (unpaired) electrons. The zero-order chi connectivity index (χ0) is 9.97. The van der Waals surface area contributed by atoms with E-state index >= 15 is 0 Å². The Kier molecular flexibility index (Phi) is 3.42. The van der Waals surface area contributed by atoms with Gasteiger partial charge in [0.15, 0.2) is 0 Å². The quantitative estimate of drug-likeness (QED) is 0.725. The van der Waals surface area contributed by atoms with Gasteiger partial charge in [0.25, 0.3) is 0 Å². The van der Waals surface area contributed by atoms with Gasteiger partial charge in [-0.15, -0.1) is 0 Å². The van der Waals surface area contributed by atoms with E-state index in [-0.39, 0.29) is 0 Å². The Labute approximate surface area is 86.8 Å². The smallest absolute Gasteiger partial charge is 0.0601 e. The highest BCUT2D eigenvalue weighted by atomic mass is 16.5. The second-order valence-corrected chi connectivity index (χ2v) is 4.46. The van der Waals surface area contributed by atoms with Crippen LogP contribution >= 0.6 is 0 Å². The molecular weight excluding hydrogens is 176 g/mol. The Morgan fingerprint density at radius 1 is 1.36 bits per heavy atom. The van der Waals surface area contributed by atoms with Crippen molar-refractivity contribution in [2.75, 3.05) is 26.7 Å². The summed E-state index contributed by atoms with van der Waals surface area (Å²) in [6, 6.07) is 1.57. The van der Waals surface area contributed by atoms with Crippen LogP contribution < -0.4 is 5.32 Å². The number of ether oxygens (including phenoxy) is 1. The fourth-order valence-electron chi connectivity index (χ4n) is 2.74. The molecule has 1 unspecified atom stereocenters. The predicted molar refractivity (Wildman–Crippen MR) is 57.5 cm³/mol. The van der Waals surface area contributed by atoms with E-state index in [2.05, 4.69) is 17.1 Å². The predicted octanol–water partition coefficient (Wildman–Crippen LogP) is 0.848. The van der Waals surface area contributed by atoms with Crippen molar-refractivity contribution in [3.8, 4) is 0 Å². The summed E-state index contributed by atoms with van der Waals surface area (Å²) in [5.74, 6) is 0. The first kappa shape index (κ1) is 10.4. The number of nitrogens with zero attached hydrogens (tertiary/aromatic N) is 1. The molecular formula is C11H22N2O. The largest absolute Gasteiger partial charge is 0.381 e. The zero-order valence-corrected chi connectivity index (χ0v) is 9.33. The molecule has 1 saturated heterocycles. The number of nitrogens with one attached hydrogen (secondary N) is 1. The van der Waals surface area contributed by atoms with E-state index in [9.17, 15) is 0 Å². The number of rotatable bonds is 4. The van der Waals surface area contributed by atoms with Crippen LogP contribution in [0.25, 0.3) is 0 Å². The van der Waals surface area contributed by atoms with Gasteiger partial charge >= 0.3 is 0 Å². The minimum absolute atomic E-state index is 0.531. The van der Waals surface area contributed by atoms with Crippen molar-refractivity contribution in [2.24, 2.45) is 0 Å². The maximum absolute atomic E-state index is 5.33. The lowest BCUT2D eigenvalue weighted by atomic mass is 9.86. The molecule has 2 rings (SSSR count). The van der Waals surface area contributed by atoms with Crippen molar-refractivity contribution in [3.63, 3.8) is 0 Å². The monoisotopic (exact) mass is 198 g/mol. The van der Waals surface area contributed by atoms with Gasteiger partial charge in [0, 0.05) is 25.7 Å². The van der Waals surface area contributed by atoms with E-state index in [0.29, 0.717) is 6.10 Å². The third-order valence-electron chi connectivity index (χ3n) is 3.74. The molecule has 0 amide bonds. The van der Waals surface area contributed by atoms with Crippen LogP contribution in [0.3, 0.4) is 0 Å². The van der Waals surface area contributed by atoms with Gasteiger partial charge in [-0.05, 0) is 32.4 Å². The van der Waals surface area contributed by atoms with Crippen LogP contribution in [0.2, 0.25) is 0 Å². The van der Waals surface area contributed by atoms with Crippen LogP contribution in [-0.4, -0.2) is 49.8 Å². The molecule has 1 saturated carbocycles. The minimum atomic E-state index is 0.531. The average molecular weight is 198 g/mol. The lowest BCUT2D eigenvalue weighted by molar-refractivity contribution is -0.0367. The first-order chi connectivity index (χ1) is 6.85. The van der Waals surface area contributed by atoms with Gasteiger partial charge in [-0.1, -0.05) is 6.92 Å². The molecule has 0 bridgehead atoms. The second kappa shape index (κ2) is 4.60. The van der Waals surface area contributed by atoms with E-state index in [1.807, 2.05) is 7.11 Å². The van der Waals surface area contributed by atoms with Crippen LogP contribution in [0.1, 0.15) is 26.2 Å². The van der Waals surface area contributed by atoms with Crippen LogP contribution in [0, 0.1) is 0 Å². The summed E-state index contributed by atoms with van der Waals surface area (Å²) < 4.78 is 5.33. The molecule has 1 aliphatic carbocycles. The van der Waals surface area contributed by atoms with Gasteiger partial charge in [-0.3, -0.25) is 4.90 Å². The Hall–Kier alpha value is -0.120. The van der Waals surface area contributed by atoms with E-state index in [0.717, 1.165) is 12.1 Å². The second-order valence-electron chi connectivity index (χ2n) is 4.46. The molecule has 0 aromatic heterocycles. The van der Waals surface area contributed by atoms with Gasteiger partial charge in [0.1, 0.15) is 0 Å². The van der Waals surface area contributed by atoms with Crippen molar-refractivity contribution < 1.29 is 4.74 Å². The maximum Gasteiger partial charge on any atom is 0.0601 e. The van der Waals surface area contributed by atoms with E-state index in [4.69, 9.17) is 4.74 Å². The van der Waals surface area contributed by atoms with Crippen molar-refractivity contribution in [3.05, 3.63) is 0 Å². The van der Waals surface area contributed by atoms with Gasteiger partial charge in [0.05, 0.1) is 6.10 Å². The molecule has 0 aromatic rings. The van der Waals surface area contributed by atoms with Crippen molar-refractivity contribution in [1.82, 2.24) is 10.2 Å². The minimum Gasteiger partial charge on any atom is -0.381 e. The highest BCUT2D eigenvalue weighted by Crippen LogP contribution is 2.30. The number of hydrogen-bond donors (Lipinski definition) is 1. The van der Waals surface area contributed by atoms with Crippen molar-refractivity contribution in [2.45, 2.75) is 44.4 Å². The lowest BCUT2D eigenvalue weighted by Gasteiger charge is -2.44. The molecule has 2 aliphatic rings. The molecule has 1 N–H and O–H groups in total. The molecule has 3 heteroatoms. The molecule has 2 fully saturated rings. The molecule has 0 spiro atoms. The standard InChI is InChI=1S/C11H22N2O/c1-3-13(9-4-5-12-8-9)10-6-11(7-10)14-2/h9-12H,3-8H2,1-2H3. The zero-order valence-electron chi connectivity index (χ0n) is 9.33. The molecule has 3 nitrogen and oxygen atoms in total. The number of likely N-dealkylation sites (N-methyl/N-ethyl adjacent to an activating group) is 1. The van der Waals surface area contributed by atoms with Crippen LogP contribution in [-0.2, 0) is 4.74 Å². The molecule has 14 heavy (non-hydrogen) atoms. The van der Waals surface area contributed by atoms with Crippen LogP contribution in [0.15, 0.2) is 0 Å². The SMILES string of the molecule is CCN(C1CCNC1)C1CC(OC)C1. The fraction of sp³-hybridized carbons (Fsp3) is 1.00. The number of hydrogen-bond acceptors (Lipinski definition) is 3. The maximum atomic E-state index is 5.33. The van der Waals surface area contributed by atoms with Gasteiger partial charge in [-0.25, -0.2) is 0 Å². The lowest BCUT2D eigenvalue weighted by Crippen LogP contribution is -2.52. The Bertz CT molecular complexity index is 174. The first-order valence-electron chi connectivity index (χ1n) is 5.84. The summed E-state index contributed by atoms with van der Waals surface area (Å²) in [5, 5.41) is 3.44. The van der Waals surface area contributed by atoms with Gasteiger partial charge < -0.3 is 10.1 Å². The molecule has 1 atom stereocenters. The Balaban J connectivity index is 1.81. The molecule has 1 heterocycles.